The molecule has 0 aliphatic heterocycles. The molecule has 0 aromatic heterocycles. The molecule has 1 aliphatic rings. The predicted octanol–water partition coefficient (Wildman–Crippen LogP) is 2.17. The van der Waals surface area contributed by atoms with Crippen LogP contribution in [0.3, 0.4) is 0 Å². The number of sulfonamides is 1. The Balaban J connectivity index is 1.98. The molecule has 0 spiro atoms. The van der Waals surface area contributed by atoms with Gasteiger partial charge < -0.3 is 10.1 Å². The number of hydrogen-bond donors (Lipinski definition) is 1. The molecule has 0 bridgehead atoms. The van der Waals surface area contributed by atoms with E-state index in [1.165, 1.54) is 17.1 Å². The summed E-state index contributed by atoms with van der Waals surface area (Å²) >= 11 is 0. The molecule has 1 aromatic rings. The van der Waals surface area contributed by atoms with E-state index >= 15 is 0 Å². The Morgan fingerprint density at radius 3 is 2.71 bits per heavy atom. The third kappa shape index (κ3) is 4.43. The van der Waals surface area contributed by atoms with Gasteiger partial charge in [0.25, 0.3) is 0 Å². The first-order valence-electron chi connectivity index (χ1n) is 7.42. The Hall–Kier alpha value is -1.11. The van der Waals surface area contributed by atoms with E-state index in [-0.39, 0.29) is 0 Å². The molecular formula is C15H24N2O3S. The summed E-state index contributed by atoms with van der Waals surface area (Å²) in [6.45, 7) is 4.19. The van der Waals surface area contributed by atoms with Crippen molar-refractivity contribution in [3.63, 3.8) is 0 Å². The monoisotopic (exact) mass is 312 g/mol. The summed E-state index contributed by atoms with van der Waals surface area (Å²) < 4.78 is 32.1. The van der Waals surface area contributed by atoms with Gasteiger partial charge in [0, 0.05) is 26.7 Å². The Morgan fingerprint density at radius 1 is 1.33 bits per heavy atom. The lowest BCUT2D eigenvalue weighted by molar-refractivity contribution is 0.117. The van der Waals surface area contributed by atoms with Crippen molar-refractivity contribution < 1.29 is 13.2 Å². The molecule has 0 radical (unpaired) electrons. The molecule has 1 aromatic carbocycles. The number of ether oxygens (including phenoxy) is 1. The lowest BCUT2D eigenvalue weighted by Gasteiger charge is -2.19. The molecular weight excluding hydrogens is 288 g/mol. The summed E-state index contributed by atoms with van der Waals surface area (Å²) in [4.78, 5) is 0.316. The molecule has 1 aliphatic carbocycles. The predicted molar refractivity (Wildman–Crippen MR) is 84.0 cm³/mol. The average Bonchev–Trinajstić information content (AvgIpc) is 3.28. The number of para-hydroxylation sites is 1. The van der Waals surface area contributed by atoms with E-state index < -0.39 is 10.0 Å². The van der Waals surface area contributed by atoms with Gasteiger partial charge in [-0.2, -0.15) is 4.31 Å². The second kappa shape index (κ2) is 7.24. The summed E-state index contributed by atoms with van der Waals surface area (Å²) in [6.07, 6.45) is 2.48. The fourth-order valence-corrected chi connectivity index (χ4v) is 3.36. The molecule has 0 unspecified atom stereocenters. The number of rotatable bonds is 9. The quantitative estimate of drug-likeness (QED) is 0.710. The smallest absolute Gasteiger partial charge is 0.244 e. The maximum absolute atomic E-state index is 12.6. The highest BCUT2D eigenvalue weighted by Crippen LogP contribution is 2.28. The van der Waals surface area contributed by atoms with E-state index in [2.05, 4.69) is 5.32 Å². The van der Waals surface area contributed by atoms with Crippen LogP contribution in [0, 0.1) is 5.92 Å². The Kier molecular flexibility index (Phi) is 5.61. The first-order chi connectivity index (χ1) is 10.1. The van der Waals surface area contributed by atoms with Crippen molar-refractivity contribution >= 4 is 15.7 Å². The highest BCUT2D eigenvalue weighted by Gasteiger charge is 2.24. The van der Waals surface area contributed by atoms with Crippen molar-refractivity contribution in [1.29, 1.82) is 0 Å². The van der Waals surface area contributed by atoms with Gasteiger partial charge >= 0.3 is 0 Å². The Bertz CT molecular complexity index is 556. The average molecular weight is 312 g/mol. The van der Waals surface area contributed by atoms with Crippen LogP contribution in [0.1, 0.15) is 19.8 Å². The number of hydrogen-bond acceptors (Lipinski definition) is 4. The van der Waals surface area contributed by atoms with E-state index in [0.717, 1.165) is 6.61 Å². The molecule has 0 atom stereocenters. The van der Waals surface area contributed by atoms with Crippen molar-refractivity contribution in [2.75, 3.05) is 38.7 Å². The van der Waals surface area contributed by atoms with Crippen molar-refractivity contribution in [2.45, 2.75) is 24.7 Å². The van der Waals surface area contributed by atoms with Crippen LogP contribution in [0.2, 0.25) is 0 Å². The first-order valence-corrected chi connectivity index (χ1v) is 8.86. The van der Waals surface area contributed by atoms with Crippen molar-refractivity contribution in [2.24, 2.45) is 5.92 Å². The second-order valence-electron chi connectivity index (χ2n) is 5.37. The summed E-state index contributed by atoms with van der Waals surface area (Å²) in [5, 5.41) is 3.09. The van der Waals surface area contributed by atoms with Crippen LogP contribution in [0.25, 0.3) is 0 Å². The van der Waals surface area contributed by atoms with E-state index in [4.69, 9.17) is 4.74 Å². The third-order valence-corrected chi connectivity index (χ3v) is 5.46. The fourth-order valence-electron chi connectivity index (χ4n) is 2.04. The number of nitrogens with one attached hydrogen (secondary N) is 1. The number of nitrogens with zero attached hydrogens (tertiary/aromatic N) is 1. The molecule has 6 heteroatoms. The van der Waals surface area contributed by atoms with Gasteiger partial charge in [-0.1, -0.05) is 12.1 Å². The van der Waals surface area contributed by atoms with Gasteiger partial charge in [-0.15, -0.1) is 0 Å². The molecule has 21 heavy (non-hydrogen) atoms. The van der Waals surface area contributed by atoms with Gasteiger partial charge in [0.1, 0.15) is 4.90 Å². The number of benzene rings is 1. The zero-order valence-electron chi connectivity index (χ0n) is 12.7. The van der Waals surface area contributed by atoms with Crippen LogP contribution >= 0.6 is 0 Å². The highest BCUT2D eigenvalue weighted by atomic mass is 32.2. The molecule has 118 valence electrons. The third-order valence-electron chi connectivity index (χ3n) is 3.54. The molecule has 0 saturated heterocycles. The van der Waals surface area contributed by atoms with Crippen LogP contribution in [0.5, 0.6) is 0 Å². The summed E-state index contributed by atoms with van der Waals surface area (Å²) in [5.74, 6) is 0.696. The molecule has 5 nitrogen and oxygen atoms in total. The van der Waals surface area contributed by atoms with Crippen LogP contribution in [0.15, 0.2) is 29.2 Å². The van der Waals surface area contributed by atoms with Crippen LogP contribution in [-0.2, 0) is 14.8 Å². The van der Waals surface area contributed by atoms with Gasteiger partial charge in [-0.3, -0.25) is 0 Å². The maximum atomic E-state index is 12.6. The lowest BCUT2D eigenvalue weighted by atomic mass is 10.3. The van der Waals surface area contributed by atoms with Crippen LogP contribution in [-0.4, -0.2) is 46.1 Å². The lowest BCUT2D eigenvalue weighted by Crippen LogP contribution is -2.31. The van der Waals surface area contributed by atoms with Gasteiger partial charge in [0.15, 0.2) is 0 Å². The minimum atomic E-state index is -3.49. The van der Waals surface area contributed by atoms with Gasteiger partial charge in [0.05, 0.1) is 12.3 Å². The minimum absolute atomic E-state index is 0.316. The van der Waals surface area contributed by atoms with Crippen LogP contribution in [0.4, 0.5) is 5.69 Å². The fraction of sp³-hybridized carbons (Fsp3) is 0.600. The zero-order valence-corrected chi connectivity index (χ0v) is 13.5. The first kappa shape index (κ1) is 16.3. The normalized spacial score (nSPS) is 15.4. The highest BCUT2D eigenvalue weighted by molar-refractivity contribution is 7.89. The van der Waals surface area contributed by atoms with Crippen molar-refractivity contribution in [3.05, 3.63) is 24.3 Å². The summed E-state index contributed by atoms with van der Waals surface area (Å²) in [5.41, 5.74) is 0.644. The summed E-state index contributed by atoms with van der Waals surface area (Å²) in [6, 6.07) is 6.99. The van der Waals surface area contributed by atoms with E-state index in [0.29, 0.717) is 36.2 Å². The Labute approximate surface area is 127 Å². The van der Waals surface area contributed by atoms with Crippen molar-refractivity contribution in [1.82, 2.24) is 4.31 Å². The van der Waals surface area contributed by atoms with Gasteiger partial charge in [-0.25, -0.2) is 8.42 Å². The number of likely N-dealkylation sites (N-methyl/N-ethyl adjacent to an activating group) is 1. The zero-order chi connectivity index (χ0) is 15.3. The molecule has 0 heterocycles. The van der Waals surface area contributed by atoms with Gasteiger partial charge in [-0.05, 0) is 37.8 Å². The largest absolute Gasteiger partial charge is 0.384 e. The summed E-state index contributed by atoms with van der Waals surface area (Å²) in [7, 11) is -1.89. The van der Waals surface area contributed by atoms with E-state index in [1.807, 2.05) is 13.0 Å². The second-order valence-corrected chi connectivity index (χ2v) is 7.38. The SMILES string of the molecule is CCNc1ccccc1S(=O)(=O)N(C)CCOCC1CC1. The molecule has 1 N–H and O–H groups in total. The minimum Gasteiger partial charge on any atom is -0.384 e. The molecule has 1 fully saturated rings. The van der Waals surface area contributed by atoms with E-state index in [9.17, 15) is 8.42 Å². The molecule has 0 amide bonds. The van der Waals surface area contributed by atoms with E-state index in [1.54, 1.807) is 25.2 Å². The molecule has 1 saturated carbocycles. The van der Waals surface area contributed by atoms with Gasteiger partial charge in [0.2, 0.25) is 10.0 Å². The standard InChI is InChI=1S/C15H24N2O3S/c1-3-16-14-6-4-5-7-15(14)21(18,19)17(2)10-11-20-12-13-8-9-13/h4-7,13,16H,3,8-12H2,1-2H3. The topological polar surface area (TPSA) is 58.6 Å². The maximum Gasteiger partial charge on any atom is 0.244 e. The Morgan fingerprint density at radius 2 is 2.05 bits per heavy atom. The van der Waals surface area contributed by atoms with Crippen LogP contribution < -0.4 is 5.32 Å². The number of anilines is 1. The van der Waals surface area contributed by atoms with Crippen molar-refractivity contribution in [3.8, 4) is 0 Å². The molecule has 2 rings (SSSR count).